The number of fused-ring (bicyclic) bond motifs is 7. The second kappa shape index (κ2) is 13.5. The third-order valence-electron chi connectivity index (χ3n) is 13.9. The maximum absolute atomic E-state index is 2.51. The normalized spacial score (nSPS) is 13.0. The van der Waals surface area contributed by atoms with E-state index in [1.165, 1.54) is 98.6 Å². The van der Waals surface area contributed by atoms with Gasteiger partial charge in [-0.05, 0) is 138 Å². The van der Waals surface area contributed by atoms with Crippen LogP contribution in [0.4, 0.5) is 17.1 Å². The molecule has 13 rings (SSSR count). The summed E-state index contributed by atoms with van der Waals surface area (Å²) in [5.74, 6) is 0. The summed E-state index contributed by atoms with van der Waals surface area (Å²) in [5.41, 5.74) is 17.4. The number of rotatable bonds is 6. The number of nitrogens with zero attached hydrogens (tertiary/aromatic N) is 2. The minimum atomic E-state index is -0.0800. The molecule has 63 heavy (non-hydrogen) atoms. The number of hydrogen-bond donors (Lipinski definition) is 0. The fourth-order valence-corrected chi connectivity index (χ4v) is 11.0. The number of benzene rings is 11. The summed E-state index contributed by atoms with van der Waals surface area (Å²) in [4.78, 5) is 2.32. The van der Waals surface area contributed by atoms with Gasteiger partial charge in [-0.2, -0.15) is 0 Å². The first kappa shape index (κ1) is 35.8. The molecule has 1 heterocycles. The van der Waals surface area contributed by atoms with E-state index in [1.54, 1.807) is 0 Å². The van der Waals surface area contributed by atoms with E-state index in [1.807, 2.05) is 0 Å². The highest BCUT2D eigenvalue weighted by Gasteiger charge is 2.35. The zero-order valence-corrected chi connectivity index (χ0v) is 35.2. The Hall–Kier alpha value is -7.94. The van der Waals surface area contributed by atoms with Crippen LogP contribution in [0.5, 0.6) is 0 Å². The van der Waals surface area contributed by atoms with Crippen LogP contribution >= 0.6 is 0 Å². The molecular formula is C61H42N2. The van der Waals surface area contributed by atoms with Crippen molar-refractivity contribution in [3.05, 3.63) is 230 Å². The lowest BCUT2D eigenvalue weighted by atomic mass is 9.81. The van der Waals surface area contributed by atoms with Crippen molar-refractivity contribution in [3.63, 3.8) is 0 Å². The predicted molar refractivity (Wildman–Crippen MR) is 268 cm³/mol. The van der Waals surface area contributed by atoms with Crippen LogP contribution in [0.25, 0.3) is 93.2 Å². The first-order chi connectivity index (χ1) is 31.0. The lowest BCUT2D eigenvalue weighted by Gasteiger charge is -2.25. The van der Waals surface area contributed by atoms with E-state index >= 15 is 0 Å². The van der Waals surface area contributed by atoms with Gasteiger partial charge in [0.05, 0.1) is 11.0 Å². The molecule has 0 spiro atoms. The van der Waals surface area contributed by atoms with Crippen molar-refractivity contribution >= 4 is 71.2 Å². The Morgan fingerprint density at radius 1 is 0.365 bits per heavy atom. The van der Waals surface area contributed by atoms with Crippen LogP contribution in [-0.4, -0.2) is 4.57 Å². The van der Waals surface area contributed by atoms with Gasteiger partial charge in [0.1, 0.15) is 0 Å². The van der Waals surface area contributed by atoms with Crippen LogP contribution in [0.3, 0.4) is 0 Å². The van der Waals surface area contributed by atoms with Gasteiger partial charge in [-0.3, -0.25) is 0 Å². The molecule has 0 bridgehead atoms. The standard InChI is InChI=1S/C61H42N2/c1-61(2)54-23-13-12-21-49(54)50-34-30-41(38-55(50)61)48-22-14-24-56-59(48)53-37-42-26-25-40-29-33-47(51-35-36-52(58(42)57(40)51)60(53)63(56)45-19-10-5-11-20-45)39-27-31-46(32-28-39)62(43-15-6-3-7-16-43)44-17-8-4-9-18-44/h3-38H,1-2H3. The van der Waals surface area contributed by atoms with E-state index in [0.717, 1.165) is 22.7 Å². The van der Waals surface area contributed by atoms with Crippen LogP contribution in [0, 0.1) is 0 Å². The quantitative estimate of drug-likeness (QED) is 0.152. The minimum Gasteiger partial charge on any atom is -0.311 e. The number of anilines is 3. The van der Waals surface area contributed by atoms with E-state index in [9.17, 15) is 0 Å². The number of aromatic nitrogens is 1. The predicted octanol–water partition coefficient (Wildman–Crippen LogP) is 16.8. The summed E-state index contributed by atoms with van der Waals surface area (Å²) < 4.78 is 2.51. The lowest BCUT2D eigenvalue weighted by molar-refractivity contribution is 0.660. The van der Waals surface area contributed by atoms with Gasteiger partial charge < -0.3 is 9.47 Å². The third kappa shape index (κ3) is 5.25. The van der Waals surface area contributed by atoms with Crippen molar-refractivity contribution in [2.45, 2.75) is 19.3 Å². The van der Waals surface area contributed by atoms with Gasteiger partial charge in [0.15, 0.2) is 0 Å². The summed E-state index contributed by atoms with van der Waals surface area (Å²) in [7, 11) is 0. The summed E-state index contributed by atoms with van der Waals surface area (Å²) in [6.07, 6.45) is 0. The molecule has 0 amide bonds. The van der Waals surface area contributed by atoms with Crippen LogP contribution in [-0.2, 0) is 5.41 Å². The van der Waals surface area contributed by atoms with E-state index in [-0.39, 0.29) is 5.41 Å². The Bertz CT molecular complexity index is 3690. The van der Waals surface area contributed by atoms with Gasteiger partial charge in [0.2, 0.25) is 0 Å². The van der Waals surface area contributed by atoms with Gasteiger partial charge in [0, 0.05) is 44.3 Å². The molecule has 1 aliphatic rings. The molecule has 0 radical (unpaired) electrons. The molecule has 0 N–H and O–H groups in total. The highest BCUT2D eigenvalue weighted by Crippen LogP contribution is 2.51. The van der Waals surface area contributed by atoms with Crippen LogP contribution in [0.1, 0.15) is 25.0 Å². The third-order valence-corrected chi connectivity index (χ3v) is 13.9. The maximum Gasteiger partial charge on any atom is 0.0620 e. The van der Waals surface area contributed by atoms with Crippen molar-refractivity contribution in [2.75, 3.05) is 4.90 Å². The highest BCUT2D eigenvalue weighted by molar-refractivity contribution is 6.33. The molecular weight excluding hydrogens is 761 g/mol. The average Bonchev–Trinajstić information content (AvgIpc) is 3.80. The Morgan fingerprint density at radius 2 is 0.937 bits per heavy atom. The minimum absolute atomic E-state index is 0.0800. The Labute approximate surface area is 366 Å². The molecule has 2 nitrogen and oxygen atoms in total. The molecule has 12 aromatic rings. The summed E-state index contributed by atoms with van der Waals surface area (Å²) in [6.45, 7) is 4.74. The van der Waals surface area contributed by atoms with E-state index in [2.05, 4.69) is 242 Å². The van der Waals surface area contributed by atoms with Crippen molar-refractivity contribution in [2.24, 2.45) is 0 Å². The van der Waals surface area contributed by atoms with Crippen molar-refractivity contribution in [3.8, 4) is 39.1 Å². The summed E-state index contributed by atoms with van der Waals surface area (Å²) >= 11 is 0. The summed E-state index contributed by atoms with van der Waals surface area (Å²) in [5, 5.41) is 10.2. The first-order valence-corrected chi connectivity index (χ1v) is 22.0. The Morgan fingerprint density at radius 3 is 1.70 bits per heavy atom. The summed E-state index contributed by atoms with van der Waals surface area (Å²) in [6, 6.07) is 80.7. The van der Waals surface area contributed by atoms with Gasteiger partial charge in [-0.1, -0.05) is 166 Å². The Kier molecular flexibility index (Phi) is 7.68. The largest absolute Gasteiger partial charge is 0.311 e. The second-order valence-electron chi connectivity index (χ2n) is 17.7. The second-order valence-corrected chi connectivity index (χ2v) is 17.7. The van der Waals surface area contributed by atoms with Crippen LogP contribution in [0.15, 0.2) is 218 Å². The lowest BCUT2D eigenvalue weighted by Crippen LogP contribution is -2.14. The molecule has 1 aliphatic carbocycles. The Balaban J connectivity index is 1.02. The molecule has 0 aliphatic heterocycles. The molecule has 296 valence electrons. The van der Waals surface area contributed by atoms with Crippen molar-refractivity contribution in [1.29, 1.82) is 0 Å². The SMILES string of the molecule is CC1(C)c2ccccc2-c2ccc(-c3cccc4c3c3cc5ccc6ccc(-c7ccc(N(c8ccccc8)c8ccccc8)cc7)c7ccc(c5c67)c3n4-c3ccccc3)cc21. The van der Waals surface area contributed by atoms with E-state index < -0.39 is 0 Å². The molecule has 0 atom stereocenters. The van der Waals surface area contributed by atoms with Gasteiger partial charge in [0.25, 0.3) is 0 Å². The molecule has 0 unspecified atom stereocenters. The highest BCUT2D eigenvalue weighted by atomic mass is 15.1. The average molecular weight is 803 g/mol. The smallest absolute Gasteiger partial charge is 0.0620 e. The topological polar surface area (TPSA) is 8.17 Å². The van der Waals surface area contributed by atoms with Crippen molar-refractivity contribution < 1.29 is 0 Å². The maximum atomic E-state index is 2.51. The molecule has 1 aromatic heterocycles. The van der Waals surface area contributed by atoms with Gasteiger partial charge >= 0.3 is 0 Å². The molecule has 0 saturated carbocycles. The fourth-order valence-electron chi connectivity index (χ4n) is 11.0. The van der Waals surface area contributed by atoms with Crippen LogP contribution < -0.4 is 4.90 Å². The monoisotopic (exact) mass is 802 g/mol. The fraction of sp³-hybridized carbons (Fsp3) is 0.0492. The molecule has 0 fully saturated rings. The molecule has 0 saturated heterocycles. The first-order valence-electron chi connectivity index (χ1n) is 22.0. The van der Waals surface area contributed by atoms with Crippen LogP contribution in [0.2, 0.25) is 0 Å². The number of hydrogen-bond acceptors (Lipinski definition) is 1. The zero-order valence-electron chi connectivity index (χ0n) is 35.2. The molecule has 11 aromatic carbocycles. The van der Waals surface area contributed by atoms with Gasteiger partial charge in [-0.15, -0.1) is 0 Å². The molecule has 2 heteroatoms. The van der Waals surface area contributed by atoms with Crippen molar-refractivity contribution in [1.82, 2.24) is 4.57 Å². The van der Waals surface area contributed by atoms with Gasteiger partial charge in [-0.25, -0.2) is 0 Å². The number of para-hydroxylation sites is 3. The zero-order chi connectivity index (χ0) is 41.8. The van der Waals surface area contributed by atoms with E-state index in [4.69, 9.17) is 0 Å². The van der Waals surface area contributed by atoms with E-state index in [0.29, 0.717) is 0 Å².